The Bertz CT molecular complexity index is 612. The van der Waals surface area contributed by atoms with E-state index < -0.39 is 27.1 Å². The van der Waals surface area contributed by atoms with Crippen LogP contribution in [0.3, 0.4) is 0 Å². The van der Waals surface area contributed by atoms with Crippen LogP contribution in [0.25, 0.3) is 0 Å². The maximum absolute atomic E-state index is 11.9. The van der Waals surface area contributed by atoms with E-state index in [0.717, 1.165) is 6.26 Å². The summed E-state index contributed by atoms with van der Waals surface area (Å²) in [5.74, 6) is -1.77. The average Bonchev–Trinajstić information content (AvgIpc) is 2.37. The van der Waals surface area contributed by atoms with Crippen molar-refractivity contribution in [3.63, 3.8) is 0 Å². The third-order valence-corrected chi connectivity index (χ3v) is 4.14. The molecule has 7 heteroatoms. The summed E-state index contributed by atoms with van der Waals surface area (Å²) in [6.07, 6.45) is 0.820. The highest BCUT2D eigenvalue weighted by molar-refractivity contribution is 7.90. The van der Waals surface area contributed by atoms with Crippen LogP contribution >= 0.6 is 0 Å². The molecule has 2 N–H and O–H groups in total. The predicted octanol–water partition coefficient (Wildman–Crippen LogP) is 0.580. The maximum Gasteiger partial charge on any atom is 0.314 e. The Morgan fingerprint density at radius 3 is 2.29 bits per heavy atom. The van der Waals surface area contributed by atoms with E-state index in [4.69, 9.17) is 0 Å². The van der Waals surface area contributed by atoms with E-state index >= 15 is 0 Å². The monoisotopic (exact) mass is 313 g/mol. The SMILES string of the molecule is CC(CC(=O)NCCS(C)(=O)=O)(C(=O)O)c1ccccc1. The number of hydrogen-bond acceptors (Lipinski definition) is 4. The summed E-state index contributed by atoms with van der Waals surface area (Å²) >= 11 is 0. The Hall–Kier alpha value is -1.89. The van der Waals surface area contributed by atoms with Gasteiger partial charge < -0.3 is 10.4 Å². The van der Waals surface area contributed by atoms with Gasteiger partial charge in [0.1, 0.15) is 9.84 Å². The molecule has 1 unspecified atom stereocenters. The second-order valence-corrected chi connectivity index (χ2v) is 7.42. The van der Waals surface area contributed by atoms with Crippen molar-refractivity contribution in [2.45, 2.75) is 18.8 Å². The summed E-state index contributed by atoms with van der Waals surface area (Å²) in [6.45, 7) is 1.45. The van der Waals surface area contributed by atoms with Crippen LogP contribution < -0.4 is 5.32 Å². The predicted molar refractivity (Wildman–Crippen MR) is 78.8 cm³/mol. The normalized spacial score (nSPS) is 14.2. The molecule has 0 aromatic heterocycles. The second-order valence-electron chi connectivity index (χ2n) is 5.16. The van der Waals surface area contributed by atoms with Crippen LogP contribution in [0.4, 0.5) is 0 Å². The van der Waals surface area contributed by atoms with Gasteiger partial charge in [0.15, 0.2) is 0 Å². The van der Waals surface area contributed by atoms with Crippen molar-refractivity contribution in [3.8, 4) is 0 Å². The highest BCUT2D eigenvalue weighted by atomic mass is 32.2. The second kappa shape index (κ2) is 6.71. The molecular formula is C14H19NO5S. The van der Waals surface area contributed by atoms with E-state index in [1.165, 1.54) is 6.92 Å². The van der Waals surface area contributed by atoms with Crippen LogP contribution in [-0.2, 0) is 24.8 Å². The quantitative estimate of drug-likeness (QED) is 0.767. The summed E-state index contributed by atoms with van der Waals surface area (Å²) in [5, 5.41) is 11.9. The zero-order chi connectivity index (χ0) is 16.1. The van der Waals surface area contributed by atoms with Gasteiger partial charge in [0, 0.05) is 19.2 Å². The molecule has 1 amide bonds. The van der Waals surface area contributed by atoms with Crippen molar-refractivity contribution < 1.29 is 23.1 Å². The number of sulfone groups is 1. The topological polar surface area (TPSA) is 101 Å². The first-order chi connectivity index (χ1) is 9.65. The average molecular weight is 313 g/mol. The largest absolute Gasteiger partial charge is 0.481 e. The van der Waals surface area contributed by atoms with Crippen molar-refractivity contribution in [3.05, 3.63) is 35.9 Å². The van der Waals surface area contributed by atoms with Gasteiger partial charge in [0.25, 0.3) is 0 Å². The van der Waals surface area contributed by atoms with Gasteiger partial charge in [-0.1, -0.05) is 30.3 Å². The Morgan fingerprint density at radius 1 is 1.24 bits per heavy atom. The molecular weight excluding hydrogens is 294 g/mol. The summed E-state index contributed by atoms with van der Waals surface area (Å²) in [4.78, 5) is 23.4. The van der Waals surface area contributed by atoms with E-state index in [0.29, 0.717) is 5.56 Å². The summed E-state index contributed by atoms with van der Waals surface area (Å²) in [5.41, 5.74) is -0.827. The Balaban J connectivity index is 2.76. The van der Waals surface area contributed by atoms with Gasteiger partial charge in [-0.25, -0.2) is 8.42 Å². The summed E-state index contributed by atoms with van der Waals surface area (Å²) < 4.78 is 22.0. The molecule has 21 heavy (non-hydrogen) atoms. The number of benzene rings is 1. The lowest BCUT2D eigenvalue weighted by atomic mass is 9.79. The van der Waals surface area contributed by atoms with Crippen molar-refractivity contribution in [1.82, 2.24) is 5.32 Å². The molecule has 0 aliphatic rings. The minimum Gasteiger partial charge on any atom is -0.481 e. The molecule has 1 aromatic carbocycles. The maximum atomic E-state index is 11.9. The van der Waals surface area contributed by atoms with Gasteiger partial charge in [-0.05, 0) is 12.5 Å². The van der Waals surface area contributed by atoms with Crippen LogP contribution in [0.2, 0.25) is 0 Å². The molecule has 0 aliphatic heterocycles. The number of carbonyl (C=O) groups excluding carboxylic acids is 1. The number of hydrogen-bond donors (Lipinski definition) is 2. The zero-order valence-corrected chi connectivity index (χ0v) is 12.8. The third kappa shape index (κ3) is 5.18. The molecule has 0 bridgehead atoms. The van der Waals surface area contributed by atoms with Gasteiger partial charge in [0.2, 0.25) is 5.91 Å². The van der Waals surface area contributed by atoms with Gasteiger partial charge in [-0.2, -0.15) is 0 Å². The van der Waals surface area contributed by atoms with Crippen molar-refractivity contribution in [2.24, 2.45) is 0 Å². The minimum absolute atomic E-state index is 0.0256. The number of amides is 1. The van der Waals surface area contributed by atoms with Crippen molar-refractivity contribution >= 4 is 21.7 Å². The van der Waals surface area contributed by atoms with Crippen molar-refractivity contribution in [2.75, 3.05) is 18.6 Å². The van der Waals surface area contributed by atoms with Crippen LogP contribution in [0, 0.1) is 0 Å². The fourth-order valence-corrected chi connectivity index (χ4v) is 2.34. The number of nitrogens with one attached hydrogen (secondary N) is 1. The number of rotatable bonds is 7. The molecule has 0 aliphatic carbocycles. The molecule has 1 atom stereocenters. The van der Waals surface area contributed by atoms with E-state index in [1.54, 1.807) is 30.3 Å². The lowest BCUT2D eigenvalue weighted by Gasteiger charge is -2.24. The number of aliphatic carboxylic acids is 1. The molecule has 1 aromatic rings. The van der Waals surface area contributed by atoms with Gasteiger partial charge in [-0.3, -0.25) is 9.59 Å². The lowest BCUT2D eigenvalue weighted by Crippen LogP contribution is -2.39. The number of carboxylic acids is 1. The minimum atomic E-state index is -3.16. The van der Waals surface area contributed by atoms with E-state index in [1.807, 2.05) is 0 Å². The first kappa shape index (κ1) is 17.2. The van der Waals surface area contributed by atoms with E-state index in [2.05, 4.69) is 5.32 Å². The smallest absolute Gasteiger partial charge is 0.314 e. The van der Waals surface area contributed by atoms with E-state index in [9.17, 15) is 23.1 Å². The molecule has 0 spiro atoms. The summed E-state index contributed by atoms with van der Waals surface area (Å²) in [6, 6.07) is 8.48. The molecule has 0 radical (unpaired) electrons. The highest BCUT2D eigenvalue weighted by Gasteiger charge is 2.37. The lowest BCUT2D eigenvalue weighted by molar-refractivity contribution is -0.145. The van der Waals surface area contributed by atoms with Crippen LogP contribution in [0.15, 0.2) is 30.3 Å². The molecule has 1 rings (SSSR count). The van der Waals surface area contributed by atoms with Crippen LogP contribution in [0.1, 0.15) is 18.9 Å². The standard InChI is InChI=1S/C14H19NO5S/c1-14(13(17)18,11-6-4-3-5-7-11)10-12(16)15-8-9-21(2,19)20/h3-7H,8-10H2,1-2H3,(H,15,16)(H,17,18). The van der Waals surface area contributed by atoms with Gasteiger partial charge in [0.05, 0.1) is 11.2 Å². The molecule has 116 valence electrons. The first-order valence-corrected chi connectivity index (χ1v) is 8.44. The third-order valence-electron chi connectivity index (χ3n) is 3.19. The number of carbonyl (C=O) groups is 2. The molecule has 0 heterocycles. The van der Waals surface area contributed by atoms with Gasteiger partial charge >= 0.3 is 5.97 Å². The molecule has 0 saturated heterocycles. The van der Waals surface area contributed by atoms with Crippen LogP contribution in [-0.4, -0.2) is 44.0 Å². The Labute approximate surface area is 124 Å². The van der Waals surface area contributed by atoms with Gasteiger partial charge in [-0.15, -0.1) is 0 Å². The Kier molecular flexibility index (Phi) is 5.48. The highest BCUT2D eigenvalue weighted by Crippen LogP contribution is 2.27. The fourth-order valence-electron chi connectivity index (χ4n) is 1.87. The number of carboxylic acid groups (broad SMARTS) is 1. The van der Waals surface area contributed by atoms with Crippen LogP contribution in [0.5, 0.6) is 0 Å². The first-order valence-electron chi connectivity index (χ1n) is 6.38. The molecule has 0 fully saturated rings. The van der Waals surface area contributed by atoms with Crippen molar-refractivity contribution in [1.29, 1.82) is 0 Å². The Morgan fingerprint density at radius 2 is 1.81 bits per heavy atom. The van der Waals surface area contributed by atoms with E-state index in [-0.39, 0.29) is 18.7 Å². The molecule has 0 saturated carbocycles. The summed E-state index contributed by atoms with van der Waals surface area (Å²) in [7, 11) is -3.16. The molecule has 6 nitrogen and oxygen atoms in total. The zero-order valence-electron chi connectivity index (χ0n) is 12.0. The fraction of sp³-hybridized carbons (Fsp3) is 0.429.